The van der Waals surface area contributed by atoms with E-state index in [1.165, 1.54) is 6.42 Å². The molecule has 0 aromatic carbocycles. The molecule has 0 radical (unpaired) electrons. The fourth-order valence-electron chi connectivity index (χ4n) is 1.77. The van der Waals surface area contributed by atoms with Gasteiger partial charge in [-0.05, 0) is 12.8 Å². The zero-order chi connectivity index (χ0) is 9.68. The Balaban J connectivity index is 2.40. The van der Waals surface area contributed by atoms with Gasteiger partial charge in [-0.1, -0.05) is 26.2 Å². The fourth-order valence-corrected chi connectivity index (χ4v) is 1.77. The second kappa shape index (κ2) is 5.22. The van der Waals surface area contributed by atoms with E-state index in [-0.39, 0.29) is 18.1 Å². The Labute approximate surface area is 79.5 Å². The van der Waals surface area contributed by atoms with Gasteiger partial charge >= 0.3 is 0 Å². The Morgan fingerprint density at radius 1 is 1.38 bits per heavy atom. The Morgan fingerprint density at radius 2 is 2.08 bits per heavy atom. The molecule has 1 fully saturated rings. The normalized spacial score (nSPS) is 29.4. The monoisotopic (exact) mass is 185 g/mol. The zero-order valence-electron chi connectivity index (χ0n) is 8.25. The summed E-state index contributed by atoms with van der Waals surface area (Å²) in [5, 5.41) is 12.5. The maximum absolute atomic E-state index is 11.1. The summed E-state index contributed by atoms with van der Waals surface area (Å²) in [4.78, 5) is 11.1. The molecule has 2 atom stereocenters. The van der Waals surface area contributed by atoms with Crippen LogP contribution in [0.3, 0.4) is 0 Å². The third-order valence-corrected chi connectivity index (χ3v) is 2.65. The van der Waals surface area contributed by atoms with Crippen LogP contribution in [0.2, 0.25) is 0 Å². The van der Waals surface area contributed by atoms with Crippen molar-refractivity contribution in [2.24, 2.45) is 0 Å². The molecule has 2 unspecified atom stereocenters. The van der Waals surface area contributed by atoms with E-state index in [0.29, 0.717) is 6.42 Å². The maximum Gasteiger partial charge on any atom is 0.220 e. The first-order valence-electron chi connectivity index (χ1n) is 5.21. The van der Waals surface area contributed by atoms with Gasteiger partial charge < -0.3 is 10.4 Å². The molecule has 1 amide bonds. The Hall–Kier alpha value is -0.570. The lowest BCUT2D eigenvalue weighted by molar-refractivity contribution is -0.122. The highest BCUT2D eigenvalue weighted by Gasteiger charge is 2.22. The van der Waals surface area contributed by atoms with Crippen molar-refractivity contribution in [3.8, 4) is 0 Å². The molecule has 1 aliphatic carbocycles. The number of aliphatic hydroxyl groups excluding tert-OH is 1. The standard InChI is InChI=1S/C10H19NO2/c1-2-10(13)11-8-6-4-3-5-7-9(8)12/h8-9,12H,2-7H2,1H3,(H,11,13). The number of aliphatic hydroxyl groups is 1. The van der Waals surface area contributed by atoms with Crippen LogP contribution in [0.5, 0.6) is 0 Å². The molecule has 3 heteroatoms. The Bertz CT molecular complexity index is 170. The molecule has 0 aliphatic heterocycles. The molecule has 1 aliphatic rings. The second-order valence-corrected chi connectivity index (χ2v) is 3.73. The van der Waals surface area contributed by atoms with Crippen molar-refractivity contribution in [1.82, 2.24) is 5.32 Å². The average molecular weight is 185 g/mol. The molecule has 0 heterocycles. The van der Waals surface area contributed by atoms with E-state index in [1.807, 2.05) is 6.92 Å². The molecule has 0 aromatic rings. The molecule has 13 heavy (non-hydrogen) atoms. The SMILES string of the molecule is CCC(=O)NC1CCCCCC1O. The van der Waals surface area contributed by atoms with Gasteiger partial charge in [0.05, 0.1) is 12.1 Å². The van der Waals surface area contributed by atoms with Crippen LogP contribution in [0.1, 0.15) is 45.4 Å². The van der Waals surface area contributed by atoms with Gasteiger partial charge in [0.2, 0.25) is 5.91 Å². The molecule has 3 nitrogen and oxygen atoms in total. The maximum atomic E-state index is 11.1. The number of nitrogens with one attached hydrogen (secondary N) is 1. The van der Waals surface area contributed by atoms with Crippen molar-refractivity contribution in [2.45, 2.75) is 57.6 Å². The highest BCUT2D eigenvalue weighted by molar-refractivity contribution is 5.75. The third kappa shape index (κ3) is 3.35. The quantitative estimate of drug-likeness (QED) is 0.635. The van der Waals surface area contributed by atoms with Crippen LogP contribution in [0.4, 0.5) is 0 Å². The number of hydrogen-bond donors (Lipinski definition) is 2. The van der Waals surface area contributed by atoms with Gasteiger partial charge in [-0.15, -0.1) is 0 Å². The minimum absolute atomic E-state index is 0.00468. The number of hydrogen-bond acceptors (Lipinski definition) is 2. The lowest BCUT2D eigenvalue weighted by Gasteiger charge is -2.21. The van der Waals surface area contributed by atoms with Crippen LogP contribution in [0.15, 0.2) is 0 Å². The predicted molar refractivity (Wildman–Crippen MR) is 51.3 cm³/mol. The summed E-state index contributed by atoms with van der Waals surface area (Å²) >= 11 is 0. The smallest absolute Gasteiger partial charge is 0.220 e. The topological polar surface area (TPSA) is 49.3 Å². The summed E-state index contributed by atoms with van der Waals surface area (Å²) in [6.45, 7) is 1.83. The van der Waals surface area contributed by atoms with Crippen LogP contribution >= 0.6 is 0 Å². The lowest BCUT2D eigenvalue weighted by Crippen LogP contribution is -2.42. The number of amides is 1. The van der Waals surface area contributed by atoms with E-state index < -0.39 is 0 Å². The van der Waals surface area contributed by atoms with Crippen molar-refractivity contribution in [3.63, 3.8) is 0 Å². The van der Waals surface area contributed by atoms with Crippen molar-refractivity contribution >= 4 is 5.91 Å². The van der Waals surface area contributed by atoms with Crippen molar-refractivity contribution < 1.29 is 9.90 Å². The molecule has 0 aromatic heterocycles. The van der Waals surface area contributed by atoms with Gasteiger partial charge in [-0.2, -0.15) is 0 Å². The van der Waals surface area contributed by atoms with E-state index in [4.69, 9.17) is 0 Å². The molecule has 1 rings (SSSR count). The van der Waals surface area contributed by atoms with Crippen molar-refractivity contribution in [2.75, 3.05) is 0 Å². The van der Waals surface area contributed by atoms with E-state index >= 15 is 0 Å². The lowest BCUT2D eigenvalue weighted by atomic mass is 10.1. The number of rotatable bonds is 2. The van der Waals surface area contributed by atoms with Gasteiger partial charge in [0.15, 0.2) is 0 Å². The highest BCUT2D eigenvalue weighted by atomic mass is 16.3. The summed E-state index contributed by atoms with van der Waals surface area (Å²) in [7, 11) is 0. The Kier molecular flexibility index (Phi) is 4.22. The van der Waals surface area contributed by atoms with E-state index in [2.05, 4.69) is 5.32 Å². The van der Waals surface area contributed by atoms with Gasteiger partial charge in [-0.3, -0.25) is 4.79 Å². The second-order valence-electron chi connectivity index (χ2n) is 3.73. The highest BCUT2D eigenvalue weighted by Crippen LogP contribution is 2.17. The predicted octanol–water partition coefficient (Wildman–Crippen LogP) is 1.21. The van der Waals surface area contributed by atoms with Crippen LogP contribution in [-0.2, 0) is 4.79 Å². The molecular weight excluding hydrogens is 166 g/mol. The summed E-state index contributed by atoms with van der Waals surface area (Å²) in [5.41, 5.74) is 0. The van der Waals surface area contributed by atoms with Crippen molar-refractivity contribution in [1.29, 1.82) is 0 Å². The number of carbonyl (C=O) groups is 1. The number of carbonyl (C=O) groups excluding carboxylic acids is 1. The minimum atomic E-state index is -0.335. The summed E-state index contributed by atoms with van der Waals surface area (Å²) in [6, 6.07) is -0.00468. The molecule has 0 bridgehead atoms. The first-order chi connectivity index (χ1) is 6.24. The van der Waals surface area contributed by atoms with Crippen LogP contribution < -0.4 is 5.32 Å². The fraction of sp³-hybridized carbons (Fsp3) is 0.900. The van der Waals surface area contributed by atoms with Gasteiger partial charge in [-0.25, -0.2) is 0 Å². The molecule has 1 saturated carbocycles. The Morgan fingerprint density at radius 3 is 2.77 bits per heavy atom. The first-order valence-corrected chi connectivity index (χ1v) is 5.21. The summed E-state index contributed by atoms with van der Waals surface area (Å²) in [6.07, 6.45) is 5.30. The van der Waals surface area contributed by atoms with Gasteiger partial charge in [0.25, 0.3) is 0 Å². The van der Waals surface area contributed by atoms with E-state index in [0.717, 1.165) is 25.7 Å². The summed E-state index contributed by atoms with van der Waals surface area (Å²) in [5.74, 6) is 0.0472. The molecule has 2 N–H and O–H groups in total. The van der Waals surface area contributed by atoms with Crippen LogP contribution in [0, 0.1) is 0 Å². The largest absolute Gasteiger partial charge is 0.391 e. The zero-order valence-corrected chi connectivity index (χ0v) is 8.25. The first kappa shape index (κ1) is 10.5. The minimum Gasteiger partial charge on any atom is -0.391 e. The van der Waals surface area contributed by atoms with Gasteiger partial charge in [0.1, 0.15) is 0 Å². The average Bonchev–Trinajstić information content (AvgIpc) is 2.32. The molecule has 0 spiro atoms. The molecular formula is C10H19NO2. The summed E-state index contributed by atoms with van der Waals surface area (Å²) < 4.78 is 0. The van der Waals surface area contributed by atoms with Crippen molar-refractivity contribution in [3.05, 3.63) is 0 Å². The third-order valence-electron chi connectivity index (χ3n) is 2.65. The molecule has 76 valence electrons. The molecule has 0 saturated heterocycles. The van der Waals surface area contributed by atoms with Crippen LogP contribution in [-0.4, -0.2) is 23.2 Å². The van der Waals surface area contributed by atoms with Gasteiger partial charge in [0, 0.05) is 6.42 Å². The van der Waals surface area contributed by atoms with E-state index in [9.17, 15) is 9.90 Å². The van der Waals surface area contributed by atoms with Crippen LogP contribution in [0.25, 0.3) is 0 Å². The van der Waals surface area contributed by atoms with E-state index in [1.54, 1.807) is 0 Å².